The molecule has 0 saturated heterocycles. The van der Waals surface area contributed by atoms with Gasteiger partial charge in [-0.15, -0.1) is 10.2 Å². The van der Waals surface area contributed by atoms with E-state index in [4.69, 9.17) is 16.2 Å². The molecule has 0 spiro atoms. The summed E-state index contributed by atoms with van der Waals surface area (Å²) in [6.07, 6.45) is 10.0. The number of benzene rings is 2. The second-order valence-corrected chi connectivity index (χ2v) is 11.4. The van der Waals surface area contributed by atoms with Gasteiger partial charge in [-0.25, -0.2) is 0 Å². The Morgan fingerprint density at radius 2 is 1.73 bits per heavy atom. The Hall–Kier alpha value is -3.83. The largest absolute Gasteiger partial charge is 0.494 e. The van der Waals surface area contributed by atoms with Crippen LogP contribution in [0.4, 0.5) is 5.13 Å². The Morgan fingerprint density at radius 3 is 2.54 bits per heavy atom. The first-order valence-electron chi connectivity index (χ1n) is 13.5. The van der Waals surface area contributed by atoms with E-state index < -0.39 is 0 Å². The Morgan fingerprint density at radius 1 is 0.951 bits per heavy atom. The number of ether oxygens (including phenoxy) is 1. The van der Waals surface area contributed by atoms with Gasteiger partial charge in [0.1, 0.15) is 16.6 Å². The molecule has 6 N–H and O–H groups in total. The number of nitrogens with two attached hydrogens (primary N) is 2. The van der Waals surface area contributed by atoms with Crippen LogP contribution in [0.25, 0.3) is 0 Å². The maximum atomic E-state index is 12.4. The molecule has 0 unspecified atom stereocenters. The molecule has 0 bridgehead atoms. The summed E-state index contributed by atoms with van der Waals surface area (Å²) >= 11 is 3.17. The topological polar surface area (TPSA) is 145 Å². The van der Waals surface area contributed by atoms with E-state index in [1.54, 1.807) is 23.9 Å². The summed E-state index contributed by atoms with van der Waals surface area (Å²) in [6.45, 7) is 0.651. The van der Waals surface area contributed by atoms with Crippen LogP contribution in [0.15, 0.2) is 78.3 Å². The van der Waals surface area contributed by atoms with Gasteiger partial charge in [-0.2, -0.15) is 11.8 Å². The minimum Gasteiger partial charge on any atom is -0.494 e. The molecule has 0 fully saturated rings. The van der Waals surface area contributed by atoms with Crippen molar-refractivity contribution >= 4 is 40.0 Å². The third kappa shape index (κ3) is 12.9. The van der Waals surface area contributed by atoms with E-state index in [-0.39, 0.29) is 24.1 Å². The van der Waals surface area contributed by atoms with Crippen LogP contribution < -0.4 is 26.8 Å². The number of rotatable bonds is 17. The normalized spacial score (nSPS) is 11.7. The number of nitrogens with zero attached hydrogens (tertiary/aromatic N) is 2. The molecule has 2 amide bonds. The molecule has 2 aromatic carbocycles. The number of unbranched alkanes of at least 4 members (excludes halogenated alkanes) is 1. The summed E-state index contributed by atoms with van der Waals surface area (Å²) in [5, 5.41) is 15.1. The highest BCUT2D eigenvalue weighted by molar-refractivity contribution is 7.98. The molecule has 0 atom stereocenters. The van der Waals surface area contributed by atoms with E-state index >= 15 is 0 Å². The lowest BCUT2D eigenvalue weighted by atomic mass is 10.1. The molecule has 0 aliphatic rings. The average molecular weight is 595 g/mol. The van der Waals surface area contributed by atoms with Gasteiger partial charge in [0.05, 0.1) is 19.4 Å². The van der Waals surface area contributed by atoms with Crippen LogP contribution in [-0.4, -0.2) is 40.6 Å². The Balaban J connectivity index is 1.33. The molecule has 3 aromatic rings. The smallest absolute Gasteiger partial charge is 0.230 e. The quantitative estimate of drug-likeness (QED) is 0.131. The van der Waals surface area contributed by atoms with E-state index in [0.29, 0.717) is 30.3 Å². The van der Waals surface area contributed by atoms with Crippen molar-refractivity contribution in [2.75, 3.05) is 23.9 Å². The summed E-state index contributed by atoms with van der Waals surface area (Å²) in [7, 11) is 0. The van der Waals surface area contributed by atoms with Crippen LogP contribution in [0.5, 0.6) is 5.75 Å². The van der Waals surface area contributed by atoms with Crippen LogP contribution in [0.1, 0.15) is 41.8 Å². The minimum atomic E-state index is -0.210. The number of anilines is 1. The molecule has 0 aliphatic heterocycles. The van der Waals surface area contributed by atoms with Gasteiger partial charge in [-0.05, 0) is 73.1 Å². The molecule has 1 heterocycles. The van der Waals surface area contributed by atoms with Crippen LogP contribution >= 0.6 is 23.1 Å². The number of aryl methyl sites for hydroxylation is 1. The lowest BCUT2D eigenvalue weighted by molar-refractivity contribution is -0.119. The van der Waals surface area contributed by atoms with Gasteiger partial charge in [0.2, 0.25) is 16.9 Å². The number of carbonyl (C=O) groups excluding carboxylic acids is 2. The van der Waals surface area contributed by atoms with Gasteiger partial charge in [-0.1, -0.05) is 53.8 Å². The molecule has 11 heteroatoms. The number of hydrogen-bond acceptors (Lipinski definition) is 9. The SMILES string of the molecule is CSCCCOc1cccc(CC(=O)N/C(N)=C/C=C(\N)CCCCc2nnc(NC(=O)Cc3ccccc3)s2)c1. The lowest BCUT2D eigenvalue weighted by Gasteiger charge is -2.08. The number of nitrogens with one attached hydrogen (secondary N) is 2. The van der Waals surface area contributed by atoms with Crippen LogP contribution in [-0.2, 0) is 28.9 Å². The maximum absolute atomic E-state index is 12.4. The van der Waals surface area contributed by atoms with Crippen LogP contribution in [0.3, 0.4) is 0 Å². The monoisotopic (exact) mass is 594 g/mol. The number of carbonyl (C=O) groups is 2. The highest BCUT2D eigenvalue weighted by Crippen LogP contribution is 2.18. The van der Waals surface area contributed by atoms with Crippen molar-refractivity contribution in [1.29, 1.82) is 0 Å². The first kappa shape index (κ1) is 31.7. The Labute approximate surface area is 249 Å². The van der Waals surface area contributed by atoms with Crippen molar-refractivity contribution in [2.24, 2.45) is 11.5 Å². The molecule has 9 nitrogen and oxygen atoms in total. The molecule has 1 aromatic heterocycles. The van der Waals surface area contributed by atoms with Crippen molar-refractivity contribution in [3.05, 3.63) is 94.4 Å². The predicted molar refractivity (Wildman–Crippen MR) is 168 cm³/mol. The molecular weight excluding hydrogens is 557 g/mol. The highest BCUT2D eigenvalue weighted by Gasteiger charge is 2.09. The zero-order valence-corrected chi connectivity index (χ0v) is 24.9. The first-order valence-corrected chi connectivity index (χ1v) is 15.7. The predicted octanol–water partition coefficient (Wildman–Crippen LogP) is 4.57. The van der Waals surface area contributed by atoms with Gasteiger partial charge in [-0.3, -0.25) is 9.59 Å². The van der Waals surface area contributed by atoms with Crippen molar-refractivity contribution in [3.8, 4) is 5.75 Å². The summed E-state index contributed by atoms with van der Waals surface area (Å²) in [5.41, 5.74) is 14.5. The van der Waals surface area contributed by atoms with Crippen molar-refractivity contribution in [1.82, 2.24) is 15.5 Å². The summed E-state index contributed by atoms with van der Waals surface area (Å²) in [5.74, 6) is 1.72. The standard InChI is InChI=1S/C30H38N6O3S2/c1-40-18-8-17-39-25-13-7-11-23(19-25)21-27(37)33-26(32)16-15-24(31)12-5-6-14-29-35-36-30(41-29)34-28(38)20-22-9-3-2-4-10-22/h2-4,7,9-11,13,15-16,19H,5-6,8,12,14,17-18,20-21,31-32H2,1H3,(H,33,37)(H,34,36,38)/b24-15-,26-16+. The van der Waals surface area contributed by atoms with E-state index in [9.17, 15) is 9.59 Å². The number of hydrogen-bond donors (Lipinski definition) is 4. The van der Waals surface area contributed by atoms with Gasteiger partial charge >= 0.3 is 0 Å². The van der Waals surface area contributed by atoms with Gasteiger partial charge in [0.15, 0.2) is 0 Å². The number of aromatic nitrogens is 2. The van der Waals surface area contributed by atoms with Gasteiger partial charge < -0.3 is 26.8 Å². The van der Waals surface area contributed by atoms with Crippen LogP contribution in [0.2, 0.25) is 0 Å². The minimum absolute atomic E-state index is 0.114. The molecule has 0 radical (unpaired) electrons. The maximum Gasteiger partial charge on any atom is 0.230 e. The Kier molecular flexibility index (Phi) is 13.7. The third-order valence-electron chi connectivity index (χ3n) is 5.81. The zero-order valence-electron chi connectivity index (χ0n) is 23.3. The first-order chi connectivity index (χ1) is 19.9. The molecule has 41 heavy (non-hydrogen) atoms. The summed E-state index contributed by atoms with van der Waals surface area (Å²) in [6, 6.07) is 17.1. The molecule has 0 aliphatic carbocycles. The van der Waals surface area contributed by atoms with E-state index in [2.05, 4.69) is 27.1 Å². The van der Waals surface area contributed by atoms with E-state index in [1.807, 2.05) is 54.6 Å². The molecule has 218 valence electrons. The fraction of sp³-hybridized carbons (Fsp3) is 0.333. The second-order valence-electron chi connectivity index (χ2n) is 9.35. The number of amides is 2. The van der Waals surface area contributed by atoms with Crippen LogP contribution in [0, 0.1) is 0 Å². The second kappa shape index (κ2) is 17.8. The van der Waals surface area contributed by atoms with Crippen molar-refractivity contribution < 1.29 is 14.3 Å². The Bertz CT molecular complexity index is 1310. The van der Waals surface area contributed by atoms with Crippen molar-refractivity contribution in [3.63, 3.8) is 0 Å². The lowest BCUT2D eigenvalue weighted by Crippen LogP contribution is -2.28. The fourth-order valence-electron chi connectivity index (χ4n) is 3.81. The highest BCUT2D eigenvalue weighted by atomic mass is 32.2. The summed E-state index contributed by atoms with van der Waals surface area (Å²) in [4.78, 5) is 24.6. The third-order valence-corrected chi connectivity index (χ3v) is 7.41. The molecule has 3 rings (SSSR count). The summed E-state index contributed by atoms with van der Waals surface area (Å²) < 4.78 is 5.75. The number of allylic oxidation sites excluding steroid dienone is 3. The molecule has 0 saturated carbocycles. The van der Waals surface area contributed by atoms with Crippen molar-refractivity contribution in [2.45, 2.75) is 44.9 Å². The average Bonchev–Trinajstić information content (AvgIpc) is 3.40. The number of thioether (sulfide) groups is 1. The van der Waals surface area contributed by atoms with Gasteiger partial charge in [0, 0.05) is 12.1 Å². The van der Waals surface area contributed by atoms with E-state index in [0.717, 1.165) is 53.3 Å². The molecular formula is C30H38N6O3S2. The fourth-order valence-corrected chi connectivity index (χ4v) is 5.01. The zero-order chi connectivity index (χ0) is 29.3. The van der Waals surface area contributed by atoms with Gasteiger partial charge in [0.25, 0.3) is 0 Å². The van der Waals surface area contributed by atoms with E-state index in [1.165, 1.54) is 11.3 Å².